The maximum Gasteiger partial charge on any atom is 0.0927 e. The lowest BCUT2D eigenvalue weighted by Crippen LogP contribution is -1.83. The van der Waals surface area contributed by atoms with Crippen LogP contribution in [-0.2, 0) is 0 Å². The molecule has 0 spiro atoms. The first kappa shape index (κ1) is 8.63. The van der Waals surface area contributed by atoms with Crippen LogP contribution in [0.4, 0.5) is 5.69 Å². The number of rotatable bonds is 1. The molecule has 1 aromatic carbocycles. The van der Waals surface area contributed by atoms with Crippen LogP contribution in [0.1, 0.15) is 5.56 Å². The Hall–Kier alpha value is -1.46. The molecule has 2 nitrogen and oxygen atoms in total. The van der Waals surface area contributed by atoms with Gasteiger partial charge in [0.1, 0.15) is 0 Å². The van der Waals surface area contributed by atoms with Gasteiger partial charge in [-0.15, -0.1) is 0 Å². The summed E-state index contributed by atoms with van der Waals surface area (Å²) in [6, 6.07) is 8.87. The summed E-state index contributed by atoms with van der Waals surface area (Å²) in [5.41, 5.74) is 6.95. The van der Waals surface area contributed by atoms with Gasteiger partial charge in [-0.05, 0) is 17.7 Å². The Morgan fingerprint density at radius 2 is 2.00 bits per heavy atom. The van der Waals surface area contributed by atoms with Gasteiger partial charge in [-0.3, -0.25) is 0 Å². The van der Waals surface area contributed by atoms with Crippen molar-refractivity contribution in [2.75, 3.05) is 5.73 Å². The SMILES string of the molecule is N#CC=C(Cl)c1ccc(N)cc1. The number of hydrogen-bond acceptors (Lipinski definition) is 2. The predicted octanol–water partition coefficient (Wildman–Crippen LogP) is 2.37. The van der Waals surface area contributed by atoms with Gasteiger partial charge in [0.15, 0.2) is 0 Å². The van der Waals surface area contributed by atoms with Crippen molar-refractivity contribution in [1.82, 2.24) is 0 Å². The highest BCUT2D eigenvalue weighted by atomic mass is 35.5. The number of nitrogens with two attached hydrogens (primary N) is 1. The third kappa shape index (κ3) is 2.01. The van der Waals surface area contributed by atoms with Gasteiger partial charge in [-0.25, -0.2) is 0 Å². The molecule has 0 aliphatic heterocycles. The Kier molecular flexibility index (Phi) is 2.73. The number of nitrogens with zero attached hydrogens (tertiary/aromatic N) is 1. The molecule has 0 radical (unpaired) electrons. The second-order valence-corrected chi connectivity index (χ2v) is 2.65. The molecule has 0 saturated carbocycles. The van der Waals surface area contributed by atoms with Crippen molar-refractivity contribution in [1.29, 1.82) is 5.26 Å². The van der Waals surface area contributed by atoms with Crippen LogP contribution in [0.15, 0.2) is 30.3 Å². The first-order valence-electron chi connectivity index (χ1n) is 3.35. The van der Waals surface area contributed by atoms with Gasteiger partial charge in [0.05, 0.1) is 11.1 Å². The lowest BCUT2D eigenvalue weighted by molar-refractivity contribution is 1.53. The summed E-state index contributed by atoms with van der Waals surface area (Å²) in [6.07, 6.45) is 1.28. The zero-order valence-corrected chi connectivity index (χ0v) is 7.05. The van der Waals surface area contributed by atoms with Crippen molar-refractivity contribution in [3.05, 3.63) is 35.9 Å². The summed E-state index contributed by atoms with van der Waals surface area (Å²) in [4.78, 5) is 0. The lowest BCUT2D eigenvalue weighted by Gasteiger charge is -1.97. The van der Waals surface area contributed by atoms with E-state index >= 15 is 0 Å². The number of nitriles is 1. The van der Waals surface area contributed by atoms with Gasteiger partial charge in [0, 0.05) is 11.8 Å². The van der Waals surface area contributed by atoms with Crippen LogP contribution in [-0.4, -0.2) is 0 Å². The Balaban J connectivity index is 2.99. The molecule has 0 fully saturated rings. The fourth-order valence-electron chi connectivity index (χ4n) is 0.782. The zero-order chi connectivity index (χ0) is 8.97. The highest BCUT2D eigenvalue weighted by Crippen LogP contribution is 2.19. The summed E-state index contributed by atoms with van der Waals surface area (Å²) < 4.78 is 0. The summed E-state index contributed by atoms with van der Waals surface area (Å²) in [5, 5.41) is 8.75. The molecule has 12 heavy (non-hydrogen) atoms. The minimum absolute atomic E-state index is 0.428. The molecule has 0 aromatic heterocycles. The van der Waals surface area contributed by atoms with Gasteiger partial charge >= 0.3 is 0 Å². The average Bonchev–Trinajstić information content (AvgIpc) is 2.06. The summed E-state index contributed by atoms with van der Waals surface area (Å²) in [5.74, 6) is 0. The van der Waals surface area contributed by atoms with E-state index in [1.165, 1.54) is 6.08 Å². The Bertz CT molecular complexity index is 333. The maximum atomic E-state index is 8.32. The van der Waals surface area contributed by atoms with Crippen LogP contribution in [0.2, 0.25) is 0 Å². The smallest absolute Gasteiger partial charge is 0.0927 e. The molecule has 1 aromatic rings. The Morgan fingerprint density at radius 1 is 1.42 bits per heavy atom. The average molecular weight is 179 g/mol. The van der Waals surface area contributed by atoms with E-state index in [9.17, 15) is 0 Å². The number of anilines is 1. The largest absolute Gasteiger partial charge is 0.399 e. The Morgan fingerprint density at radius 3 is 2.50 bits per heavy atom. The third-order valence-corrected chi connectivity index (χ3v) is 1.71. The quantitative estimate of drug-likeness (QED) is 0.530. The molecule has 0 saturated heterocycles. The third-order valence-electron chi connectivity index (χ3n) is 1.38. The molecule has 0 amide bonds. The second kappa shape index (κ2) is 3.80. The highest BCUT2D eigenvalue weighted by molar-refractivity contribution is 6.48. The van der Waals surface area contributed by atoms with Gasteiger partial charge in [0.2, 0.25) is 0 Å². The van der Waals surface area contributed by atoms with Crippen LogP contribution >= 0.6 is 11.6 Å². The molecule has 0 bridgehead atoms. The van der Waals surface area contributed by atoms with E-state index in [1.54, 1.807) is 24.3 Å². The molecular formula is C9H7ClN2. The number of halogens is 1. The van der Waals surface area contributed by atoms with Gasteiger partial charge in [0.25, 0.3) is 0 Å². The number of benzene rings is 1. The summed E-state index contributed by atoms with van der Waals surface area (Å²) in [6.45, 7) is 0. The van der Waals surface area contributed by atoms with Crippen molar-refractivity contribution in [2.24, 2.45) is 0 Å². The van der Waals surface area contributed by atoms with Crippen LogP contribution < -0.4 is 5.73 Å². The van der Waals surface area contributed by atoms with E-state index in [-0.39, 0.29) is 0 Å². The van der Waals surface area contributed by atoms with Crippen LogP contribution in [0.5, 0.6) is 0 Å². The van der Waals surface area contributed by atoms with Crippen molar-refractivity contribution in [3.8, 4) is 6.07 Å². The molecule has 3 heteroatoms. The number of nitrogen functional groups attached to an aromatic ring is 1. The molecule has 0 unspecified atom stereocenters. The number of hydrogen-bond donors (Lipinski definition) is 1. The molecule has 60 valence electrons. The topological polar surface area (TPSA) is 49.8 Å². The fourth-order valence-corrected chi connectivity index (χ4v) is 0.957. The molecule has 0 aliphatic carbocycles. The van der Waals surface area contributed by atoms with Crippen molar-refractivity contribution < 1.29 is 0 Å². The molecule has 0 atom stereocenters. The lowest BCUT2D eigenvalue weighted by atomic mass is 10.2. The van der Waals surface area contributed by atoms with Crippen molar-refractivity contribution in [2.45, 2.75) is 0 Å². The molecule has 0 aliphatic rings. The fraction of sp³-hybridized carbons (Fsp3) is 0. The second-order valence-electron chi connectivity index (χ2n) is 2.24. The Labute approximate surface area is 75.9 Å². The van der Waals surface area contributed by atoms with E-state index in [0.29, 0.717) is 10.7 Å². The van der Waals surface area contributed by atoms with Gasteiger partial charge in [-0.2, -0.15) is 5.26 Å². The summed E-state index contributed by atoms with van der Waals surface area (Å²) in [7, 11) is 0. The van der Waals surface area contributed by atoms with Crippen LogP contribution in [0, 0.1) is 11.3 Å². The first-order chi connectivity index (χ1) is 5.74. The first-order valence-corrected chi connectivity index (χ1v) is 3.73. The van der Waals surface area contributed by atoms with E-state index in [0.717, 1.165) is 5.56 Å². The minimum Gasteiger partial charge on any atom is -0.399 e. The monoisotopic (exact) mass is 178 g/mol. The predicted molar refractivity (Wildman–Crippen MR) is 50.3 cm³/mol. The van der Waals surface area contributed by atoms with E-state index in [1.807, 2.05) is 6.07 Å². The minimum atomic E-state index is 0.428. The van der Waals surface area contributed by atoms with E-state index in [4.69, 9.17) is 22.6 Å². The molecule has 2 N–H and O–H groups in total. The zero-order valence-electron chi connectivity index (χ0n) is 6.29. The van der Waals surface area contributed by atoms with Crippen molar-refractivity contribution >= 4 is 22.3 Å². The maximum absolute atomic E-state index is 8.32. The number of allylic oxidation sites excluding steroid dienone is 1. The molecule has 1 rings (SSSR count). The van der Waals surface area contributed by atoms with Gasteiger partial charge in [-0.1, -0.05) is 23.7 Å². The van der Waals surface area contributed by atoms with Gasteiger partial charge < -0.3 is 5.73 Å². The molecular weight excluding hydrogens is 172 g/mol. The van der Waals surface area contributed by atoms with E-state index in [2.05, 4.69) is 0 Å². The van der Waals surface area contributed by atoms with E-state index < -0.39 is 0 Å². The van der Waals surface area contributed by atoms with Crippen LogP contribution in [0.3, 0.4) is 0 Å². The van der Waals surface area contributed by atoms with Crippen LogP contribution in [0.25, 0.3) is 5.03 Å². The highest BCUT2D eigenvalue weighted by Gasteiger charge is 1.95. The molecule has 0 heterocycles. The summed E-state index contributed by atoms with van der Waals surface area (Å²) >= 11 is 5.76. The normalized spacial score (nSPS) is 10.8. The standard InChI is InChI=1S/C9H7ClN2/c10-9(5-6-11)7-1-3-8(12)4-2-7/h1-5H,12H2. The van der Waals surface area contributed by atoms with Crippen molar-refractivity contribution in [3.63, 3.8) is 0 Å².